The van der Waals surface area contributed by atoms with Crippen molar-refractivity contribution in [2.45, 2.75) is 149 Å². The third-order valence-electron chi connectivity index (χ3n) is 5.78. The van der Waals surface area contributed by atoms with E-state index in [0.29, 0.717) is 6.42 Å². The molecule has 0 unspecified atom stereocenters. The standard InChI is InChI=1S/C18H36O2.C9H21N/c1-2-3-4-5-6-7-8-9-10-11-12-13-14-15-16-17-18(19)20;1-4-6-8-10(3)9-7-5-2/h2-17H2,1H3,(H,19,20);4-9H2,1-3H3. The molecule has 0 bridgehead atoms. The first-order valence-corrected chi connectivity index (χ1v) is 13.5. The molecule has 0 aromatic carbocycles. The summed E-state index contributed by atoms with van der Waals surface area (Å²) in [5.74, 6) is -0.653. The molecule has 0 aliphatic carbocycles. The Morgan fingerprint density at radius 1 is 0.533 bits per heavy atom. The molecule has 0 spiro atoms. The molecule has 0 aliphatic rings. The van der Waals surface area contributed by atoms with Gasteiger partial charge in [-0.2, -0.15) is 0 Å². The molecular formula is C27H57NO2. The lowest BCUT2D eigenvalue weighted by atomic mass is 10.0. The minimum Gasteiger partial charge on any atom is -0.481 e. The summed E-state index contributed by atoms with van der Waals surface area (Å²) in [6.07, 6.45) is 25.5. The van der Waals surface area contributed by atoms with E-state index in [1.54, 1.807) is 0 Å². The number of hydrogen-bond donors (Lipinski definition) is 1. The van der Waals surface area contributed by atoms with Crippen molar-refractivity contribution >= 4 is 5.97 Å². The maximum atomic E-state index is 10.3. The number of carboxylic acids is 1. The van der Waals surface area contributed by atoms with Gasteiger partial charge in [-0.15, -0.1) is 0 Å². The number of aliphatic carboxylic acids is 1. The number of rotatable bonds is 22. The molecule has 0 aromatic heterocycles. The Kier molecular flexibility index (Phi) is 30.0. The van der Waals surface area contributed by atoms with E-state index in [1.165, 1.54) is 122 Å². The summed E-state index contributed by atoms with van der Waals surface area (Å²) in [4.78, 5) is 12.8. The molecule has 0 saturated heterocycles. The second-order valence-corrected chi connectivity index (χ2v) is 9.10. The van der Waals surface area contributed by atoms with E-state index in [4.69, 9.17) is 5.11 Å². The van der Waals surface area contributed by atoms with Crippen LogP contribution in [0.2, 0.25) is 0 Å². The smallest absolute Gasteiger partial charge is 0.303 e. The zero-order valence-corrected chi connectivity index (χ0v) is 21.4. The Balaban J connectivity index is 0. The lowest BCUT2D eigenvalue weighted by Crippen LogP contribution is -2.20. The van der Waals surface area contributed by atoms with Crippen molar-refractivity contribution in [3.63, 3.8) is 0 Å². The van der Waals surface area contributed by atoms with Crippen molar-refractivity contribution in [3.05, 3.63) is 0 Å². The molecule has 0 amide bonds. The Morgan fingerprint density at radius 3 is 1.13 bits per heavy atom. The van der Waals surface area contributed by atoms with Crippen LogP contribution in [0.1, 0.15) is 149 Å². The van der Waals surface area contributed by atoms with Gasteiger partial charge in [-0.1, -0.05) is 124 Å². The summed E-state index contributed by atoms with van der Waals surface area (Å²) in [6, 6.07) is 0. The van der Waals surface area contributed by atoms with E-state index in [2.05, 4.69) is 32.7 Å². The van der Waals surface area contributed by atoms with E-state index in [0.717, 1.165) is 12.8 Å². The second-order valence-electron chi connectivity index (χ2n) is 9.10. The fourth-order valence-electron chi connectivity index (χ4n) is 3.62. The van der Waals surface area contributed by atoms with Crippen LogP contribution in [-0.2, 0) is 4.79 Å². The maximum absolute atomic E-state index is 10.3. The predicted molar refractivity (Wildman–Crippen MR) is 134 cm³/mol. The van der Waals surface area contributed by atoms with Gasteiger partial charge < -0.3 is 10.0 Å². The SMILES string of the molecule is CCCCCCCCCCCCCCCCCC(=O)O.CCCCN(C)CCCC. The summed E-state index contributed by atoms with van der Waals surface area (Å²) < 4.78 is 0. The van der Waals surface area contributed by atoms with Gasteiger partial charge in [-0.05, 0) is 39.4 Å². The van der Waals surface area contributed by atoms with E-state index >= 15 is 0 Å². The molecule has 0 saturated carbocycles. The number of carbonyl (C=O) groups is 1. The highest BCUT2D eigenvalue weighted by molar-refractivity contribution is 5.66. The van der Waals surface area contributed by atoms with Crippen LogP contribution in [0.15, 0.2) is 0 Å². The van der Waals surface area contributed by atoms with Crippen molar-refractivity contribution < 1.29 is 9.90 Å². The van der Waals surface area contributed by atoms with Gasteiger partial charge in [0.25, 0.3) is 0 Å². The van der Waals surface area contributed by atoms with Crippen molar-refractivity contribution in [1.29, 1.82) is 0 Å². The second kappa shape index (κ2) is 28.4. The Bertz CT molecular complexity index is 312. The van der Waals surface area contributed by atoms with Gasteiger partial charge in [0, 0.05) is 6.42 Å². The van der Waals surface area contributed by atoms with Crippen molar-refractivity contribution in [2.75, 3.05) is 20.1 Å². The summed E-state index contributed by atoms with van der Waals surface area (Å²) in [5, 5.41) is 8.52. The summed E-state index contributed by atoms with van der Waals surface area (Å²) in [7, 11) is 2.21. The fourth-order valence-corrected chi connectivity index (χ4v) is 3.62. The van der Waals surface area contributed by atoms with E-state index in [-0.39, 0.29) is 0 Å². The molecule has 1 N–H and O–H groups in total. The summed E-state index contributed by atoms with van der Waals surface area (Å²) >= 11 is 0. The van der Waals surface area contributed by atoms with Crippen LogP contribution in [0.5, 0.6) is 0 Å². The number of nitrogens with zero attached hydrogens (tertiary/aromatic N) is 1. The average Bonchev–Trinajstić information content (AvgIpc) is 2.73. The molecule has 3 heteroatoms. The highest BCUT2D eigenvalue weighted by Crippen LogP contribution is 2.13. The first-order chi connectivity index (χ1) is 14.6. The lowest BCUT2D eigenvalue weighted by Gasteiger charge is -2.14. The Hall–Kier alpha value is -0.570. The molecular weight excluding hydrogens is 370 g/mol. The van der Waals surface area contributed by atoms with Crippen molar-refractivity contribution in [2.24, 2.45) is 0 Å². The third kappa shape index (κ3) is 32.1. The van der Waals surface area contributed by atoms with Crippen molar-refractivity contribution in [1.82, 2.24) is 4.90 Å². The van der Waals surface area contributed by atoms with Gasteiger partial charge in [-0.3, -0.25) is 4.79 Å². The molecule has 0 aliphatic heterocycles. The molecule has 0 rings (SSSR count). The predicted octanol–water partition coefficient (Wildman–Crippen LogP) is 8.85. The molecule has 0 atom stereocenters. The van der Waals surface area contributed by atoms with Gasteiger partial charge in [0.1, 0.15) is 0 Å². The van der Waals surface area contributed by atoms with Crippen LogP contribution in [0.25, 0.3) is 0 Å². The van der Waals surface area contributed by atoms with Gasteiger partial charge in [0.05, 0.1) is 0 Å². The lowest BCUT2D eigenvalue weighted by molar-refractivity contribution is -0.137. The van der Waals surface area contributed by atoms with Crippen LogP contribution < -0.4 is 0 Å². The Labute approximate surface area is 190 Å². The average molecular weight is 428 g/mol. The summed E-state index contributed by atoms with van der Waals surface area (Å²) in [5.41, 5.74) is 0. The van der Waals surface area contributed by atoms with Crippen LogP contribution in [-0.4, -0.2) is 36.1 Å². The normalized spacial score (nSPS) is 10.8. The maximum Gasteiger partial charge on any atom is 0.303 e. The number of hydrogen-bond acceptors (Lipinski definition) is 2. The monoisotopic (exact) mass is 427 g/mol. The third-order valence-corrected chi connectivity index (χ3v) is 5.78. The number of carboxylic acid groups (broad SMARTS) is 1. The molecule has 3 nitrogen and oxygen atoms in total. The minimum absolute atomic E-state index is 0.345. The molecule has 0 fully saturated rings. The zero-order valence-electron chi connectivity index (χ0n) is 21.4. The van der Waals surface area contributed by atoms with E-state index < -0.39 is 5.97 Å². The van der Waals surface area contributed by atoms with Gasteiger partial charge >= 0.3 is 5.97 Å². The van der Waals surface area contributed by atoms with Gasteiger partial charge in [0.15, 0.2) is 0 Å². The molecule has 30 heavy (non-hydrogen) atoms. The van der Waals surface area contributed by atoms with Gasteiger partial charge in [0.2, 0.25) is 0 Å². The van der Waals surface area contributed by atoms with Crippen LogP contribution in [0.3, 0.4) is 0 Å². The quantitative estimate of drug-likeness (QED) is 0.175. The first-order valence-electron chi connectivity index (χ1n) is 13.5. The molecule has 182 valence electrons. The topological polar surface area (TPSA) is 40.5 Å². The summed E-state index contributed by atoms with van der Waals surface area (Å²) in [6.45, 7) is 9.31. The highest BCUT2D eigenvalue weighted by atomic mass is 16.4. The fraction of sp³-hybridized carbons (Fsp3) is 0.963. The van der Waals surface area contributed by atoms with E-state index in [1.807, 2.05) is 0 Å². The zero-order chi connectivity index (χ0) is 22.7. The molecule has 0 radical (unpaired) electrons. The highest BCUT2D eigenvalue weighted by Gasteiger charge is 1.97. The van der Waals surface area contributed by atoms with Crippen LogP contribution in [0.4, 0.5) is 0 Å². The van der Waals surface area contributed by atoms with Crippen LogP contribution in [0, 0.1) is 0 Å². The largest absolute Gasteiger partial charge is 0.481 e. The molecule has 0 aromatic rings. The van der Waals surface area contributed by atoms with Crippen LogP contribution >= 0.6 is 0 Å². The Morgan fingerprint density at radius 2 is 0.833 bits per heavy atom. The number of unbranched alkanes of at least 4 members (excludes halogenated alkanes) is 16. The first kappa shape index (κ1) is 31.6. The van der Waals surface area contributed by atoms with E-state index in [9.17, 15) is 4.79 Å². The molecule has 0 heterocycles. The van der Waals surface area contributed by atoms with Crippen molar-refractivity contribution in [3.8, 4) is 0 Å². The minimum atomic E-state index is -0.653. The van der Waals surface area contributed by atoms with Gasteiger partial charge in [-0.25, -0.2) is 0 Å².